The highest BCUT2D eigenvalue weighted by Crippen LogP contribution is 2.37. The average molecular weight is 535 g/mol. The molecule has 1 unspecified atom stereocenters. The maximum Gasteiger partial charge on any atom is 0.407 e. The molecule has 2 N–H and O–H groups in total. The van der Waals surface area contributed by atoms with Crippen molar-refractivity contribution in [1.82, 2.24) is 10.6 Å². The normalized spacial score (nSPS) is 12.6. The maximum atomic E-state index is 11.7. The molecular formula is C20H42N2O6S4. The molecule has 0 fully saturated rings. The zero-order chi connectivity index (χ0) is 23.9. The van der Waals surface area contributed by atoms with Crippen LogP contribution in [0, 0.1) is 0 Å². The van der Waals surface area contributed by atoms with Gasteiger partial charge in [-0.1, -0.05) is 28.5 Å². The van der Waals surface area contributed by atoms with Crippen molar-refractivity contribution in [2.45, 2.75) is 44.8 Å². The van der Waals surface area contributed by atoms with Crippen LogP contribution in [0.4, 0.5) is 4.79 Å². The van der Waals surface area contributed by atoms with Crippen molar-refractivity contribution in [2.24, 2.45) is 0 Å². The first kappa shape index (κ1) is 32.3. The molecule has 0 aromatic rings. The van der Waals surface area contributed by atoms with Crippen LogP contribution in [0.1, 0.15) is 40.0 Å². The van der Waals surface area contributed by atoms with Crippen molar-refractivity contribution < 1.29 is 27.9 Å². The zero-order valence-corrected chi connectivity index (χ0v) is 23.2. The fourth-order valence-corrected chi connectivity index (χ4v) is 4.94. The lowest BCUT2D eigenvalue weighted by Crippen LogP contribution is -2.29. The number of likely N-dealkylation sites (N-methyl/N-ethyl adjacent to an activating group) is 1. The van der Waals surface area contributed by atoms with Crippen molar-refractivity contribution >= 4 is 48.6 Å². The number of carbonyl (C=O) groups excluding carboxylic acids is 1. The summed E-state index contributed by atoms with van der Waals surface area (Å²) >= 11 is 4.97. The van der Waals surface area contributed by atoms with Crippen LogP contribution in [0.3, 0.4) is 0 Å². The minimum atomic E-state index is -0.415. The van der Waals surface area contributed by atoms with E-state index in [2.05, 4.69) is 31.4 Å². The monoisotopic (exact) mass is 534 g/mol. The van der Waals surface area contributed by atoms with E-state index >= 15 is 0 Å². The third kappa shape index (κ3) is 25.0. The molecule has 0 heterocycles. The number of carbonyl (C=O) groups is 1. The van der Waals surface area contributed by atoms with Crippen LogP contribution in [0.15, 0.2) is 0 Å². The van der Waals surface area contributed by atoms with E-state index in [0.29, 0.717) is 52.1 Å². The molecule has 0 aromatic carbocycles. The van der Waals surface area contributed by atoms with E-state index in [1.807, 2.05) is 6.26 Å². The highest BCUT2D eigenvalue weighted by molar-refractivity contribution is 8.77. The molecule has 0 radical (unpaired) electrons. The molecule has 0 aliphatic heterocycles. The fourth-order valence-electron chi connectivity index (χ4n) is 2.11. The maximum absolute atomic E-state index is 11.7. The third-order valence-electron chi connectivity index (χ3n) is 3.85. The third-order valence-corrected chi connectivity index (χ3v) is 7.67. The molecule has 1 amide bonds. The number of ether oxygens (including phenoxy) is 4. The Morgan fingerprint density at radius 1 is 0.969 bits per heavy atom. The van der Waals surface area contributed by atoms with Gasteiger partial charge in [-0.25, -0.2) is 4.79 Å². The summed E-state index contributed by atoms with van der Waals surface area (Å²) < 4.78 is 27.0. The van der Waals surface area contributed by atoms with Crippen molar-refractivity contribution in [2.75, 3.05) is 78.1 Å². The topological polar surface area (TPSA) is 87.3 Å². The number of hydrogen-bond acceptors (Lipinski definition) is 10. The molecule has 0 aromatic heterocycles. The minimum absolute atomic E-state index is 0.0154. The van der Waals surface area contributed by atoms with E-state index in [4.69, 9.17) is 34.3 Å². The summed E-state index contributed by atoms with van der Waals surface area (Å²) in [7, 11) is 3.06. The number of unbranched alkanes of at least 4 members (excludes halogenated alkanes) is 1. The average Bonchev–Trinajstić information content (AvgIpc) is 2.73. The molecule has 0 rings (SSSR count). The van der Waals surface area contributed by atoms with Gasteiger partial charge in [-0.2, -0.15) is 0 Å². The summed E-state index contributed by atoms with van der Waals surface area (Å²) in [5.74, 6) is 0.635. The van der Waals surface area contributed by atoms with Gasteiger partial charge in [0.15, 0.2) is 0 Å². The van der Waals surface area contributed by atoms with Gasteiger partial charge in [0.2, 0.25) is 0 Å². The second-order valence-corrected chi connectivity index (χ2v) is 12.7. The van der Waals surface area contributed by atoms with E-state index in [1.54, 1.807) is 21.6 Å². The van der Waals surface area contributed by atoms with Gasteiger partial charge in [0.05, 0.1) is 39.6 Å². The number of hydrogen-bond donors (Lipinski definition) is 2. The van der Waals surface area contributed by atoms with Gasteiger partial charge >= 0.3 is 6.09 Å². The summed E-state index contributed by atoms with van der Waals surface area (Å²) in [5, 5.41) is 5.87. The van der Waals surface area contributed by atoms with Crippen LogP contribution >= 0.6 is 21.6 Å². The smallest absolute Gasteiger partial charge is 0.407 e. The van der Waals surface area contributed by atoms with Gasteiger partial charge in [0, 0.05) is 40.4 Å². The fraction of sp³-hybridized carbons (Fsp3) is 0.950. The van der Waals surface area contributed by atoms with Crippen LogP contribution in [-0.2, 0) is 44.1 Å². The number of alkyl carbamates (subject to hydrolysis) is 1. The standard InChI is InChI=1S/C20H42N2O6S4/c1-5-21-9-14-24-16-17-25-15-10-22-19(23)27-13-8-20(2,3)31-30-18-26-11-6-7-12-28-32(4)29/h21H,5-18H2,1-4H3,(H,22,23). The van der Waals surface area contributed by atoms with E-state index in [0.717, 1.165) is 39.0 Å². The van der Waals surface area contributed by atoms with Crippen LogP contribution < -0.4 is 10.6 Å². The first-order valence-corrected chi connectivity index (χ1v) is 15.8. The first-order valence-electron chi connectivity index (χ1n) is 11.0. The van der Waals surface area contributed by atoms with Crippen molar-refractivity contribution in [1.29, 1.82) is 0 Å². The van der Waals surface area contributed by atoms with Gasteiger partial charge in [-0.15, -0.1) is 0 Å². The van der Waals surface area contributed by atoms with E-state index in [9.17, 15) is 4.79 Å². The Bertz CT molecular complexity index is 475. The van der Waals surface area contributed by atoms with E-state index in [-0.39, 0.29) is 14.5 Å². The zero-order valence-electron chi connectivity index (χ0n) is 20.0. The largest absolute Gasteiger partial charge is 0.450 e. The highest BCUT2D eigenvalue weighted by Gasteiger charge is 2.19. The van der Waals surface area contributed by atoms with Gasteiger partial charge in [0.1, 0.15) is 5.94 Å². The Morgan fingerprint density at radius 2 is 1.66 bits per heavy atom. The molecule has 8 nitrogen and oxygen atoms in total. The number of amides is 1. The van der Waals surface area contributed by atoms with Gasteiger partial charge < -0.3 is 33.8 Å². The second-order valence-electron chi connectivity index (χ2n) is 7.31. The molecule has 0 saturated heterocycles. The van der Waals surface area contributed by atoms with E-state index < -0.39 is 6.09 Å². The molecule has 0 spiro atoms. The molecule has 12 heteroatoms. The molecule has 0 saturated carbocycles. The van der Waals surface area contributed by atoms with E-state index in [1.165, 1.54) is 0 Å². The van der Waals surface area contributed by atoms with Gasteiger partial charge in [-0.3, -0.25) is 0 Å². The molecule has 192 valence electrons. The Morgan fingerprint density at radius 3 is 2.34 bits per heavy atom. The highest BCUT2D eigenvalue weighted by atomic mass is 33.1. The Balaban J connectivity index is 3.47. The van der Waals surface area contributed by atoms with Crippen LogP contribution in [0.25, 0.3) is 0 Å². The second kappa shape index (κ2) is 23.1. The lowest BCUT2D eigenvalue weighted by molar-refractivity contribution is 0.0494. The minimum Gasteiger partial charge on any atom is -0.450 e. The first-order chi connectivity index (χ1) is 15.4. The molecule has 0 bridgehead atoms. The molecule has 1 atom stereocenters. The van der Waals surface area contributed by atoms with Crippen molar-refractivity contribution in [3.05, 3.63) is 0 Å². The van der Waals surface area contributed by atoms with Crippen molar-refractivity contribution in [3.63, 3.8) is 0 Å². The van der Waals surface area contributed by atoms with Crippen LogP contribution in [0.5, 0.6) is 0 Å². The SMILES string of the molecule is CCNCCOCCOCCNC(=O)OCCC(C)(C)SSCOCCCCOS(C)=S. The number of nitrogens with one attached hydrogen (secondary N) is 2. The summed E-state index contributed by atoms with van der Waals surface area (Å²) in [5.41, 5.74) is 0. The Labute approximate surface area is 209 Å². The van der Waals surface area contributed by atoms with Gasteiger partial charge in [0.25, 0.3) is 0 Å². The number of rotatable bonds is 23. The van der Waals surface area contributed by atoms with Crippen LogP contribution in [0.2, 0.25) is 0 Å². The summed E-state index contributed by atoms with van der Waals surface area (Å²) in [6.45, 7) is 12.5. The lowest BCUT2D eigenvalue weighted by atomic mass is 10.1. The predicted octanol–water partition coefficient (Wildman–Crippen LogP) is 3.30. The molecule has 0 aliphatic carbocycles. The summed E-state index contributed by atoms with van der Waals surface area (Å²) in [6.07, 6.45) is 4.17. The van der Waals surface area contributed by atoms with Crippen molar-refractivity contribution in [3.8, 4) is 0 Å². The summed E-state index contributed by atoms with van der Waals surface area (Å²) in [4.78, 5) is 11.7. The molecule has 0 aliphatic rings. The molecular weight excluding hydrogens is 492 g/mol. The lowest BCUT2D eigenvalue weighted by Gasteiger charge is -2.22. The Kier molecular flexibility index (Phi) is 23.3. The molecule has 32 heavy (non-hydrogen) atoms. The summed E-state index contributed by atoms with van der Waals surface area (Å²) in [6, 6.07) is 0. The van der Waals surface area contributed by atoms with Crippen LogP contribution in [-0.4, -0.2) is 88.9 Å². The Hall–Kier alpha value is 0.340. The van der Waals surface area contributed by atoms with Gasteiger partial charge in [-0.05, 0) is 50.8 Å². The quantitative estimate of drug-likeness (QED) is 0.116. The predicted molar refractivity (Wildman–Crippen MR) is 140 cm³/mol.